The van der Waals surface area contributed by atoms with Gasteiger partial charge in [0, 0.05) is 24.1 Å². The second-order valence-corrected chi connectivity index (χ2v) is 7.44. The van der Waals surface area contributed by atoms with Crippen LogP contribution in [0, 0.1) is 0 Å². The second-order valence-electron chi connectivity index (χ2n) is 7.44. The van der Waals surface area contributed by atoms with Crippen molar-refractivity contribution in [3.8, 4) is 0 Å². The minimum atomic E-state index is -4.34. The van der Waals surface area contributed by atoms with Gasteiger partial charge >= 0.3 is 6.18 Å². The van der Waals surface area contributed by atoms with Gasteiger partial charge in [0.2, 0.25) is 0 Å². The summed E-state index contributed by atoms with van der Waals surface area (Å²) in [6.07, 6.45) is -1.44. The minimum absolute atomic E-state index is 0.0235. The molecule has 2 aromatic rings. The zero-order chi connectivity index (χ0) is 20.9. The molecule has 1 fully saturated rings. The number of hydrogen-bond acceptors (Lipinski definition) is 2. The van der Waals surface area contributed by atoms with E-state index in [9.17, 15) is 18.0 Å². The van der Waals surface area contributed by atoms with Crippen LogP contribution < -0.4 is 0 Å². The minimum Gasteiger partial charge on any atom is -0.367 e. The molecule has 1 saturated heterocycles. The third-order valence-corrected chi connectivity index (χ3v) is 5.43. The van der Waals surface area contributed by atoms with E-state index in [1.165, 1.54) is 5.56 Å². The summed E-state index contributed by atoms with van der Waals surface area (Å²) in [7, 11) is 0. The Bertz CT molecular complexity index is 790. The summed E-state index contributed by atoms with van der Waals surface area (Å²) in [5, 5.41) is 0. The Balaban J connectivity index is 1.67. The molecule has 0 aromatic heterocycles. The molecule has 1 aliphatic heterocycles. The highest BCUT2D eigenvalue weighted by atomic mass is 19.4. The molecule has 1 heterocycles. The van der Waals surface area contributed by atoms with E-state index >= 15 is 0 Å². The third-order valence-electron chi connectivity index (χ3n) is 5.43. The smallest absolute Gasteiger partial charge is 0.367 e. The average molecular weight is 405 g/mol. The van der Waals surface area contributed by atoms with E-state index < -0.39 is 12.8 Å². The van der Waals surface area contributed by atoms with Crippen molar-refractivity contribution in [1.82, 2.24) is 4.90 Å². The zero-order valence-corrected chi connectivity index (χ0v) is 16.5. The van der Waals surface area contributed by atoms with Crippen molar-refractivity contribution in [3.05, 3.63) is 71.3 Å². The van der Waals surface area contributed by atoms with Gasteiger partial charge in [-0.15, -0.1) is 0 Å². The molecule has 1 amide bonds. The topological polar surface area (TPSA) is 29.5 Å². The number of rotatable bonds is 7. The van der Waals surface area contributed by atoms with Crippen LogP contribution in [0.3, 0.4) is 0 Å². The Morgan fingerprint density at radius 2 is 1.83 bits per heavy atom. The molecule has 0 bridgehead atoms. The van der Waals surface area contributed by atoms with Crippen molar-refractivity contribution in [2.75, 3.05) is 13.2 Å². The average Bonchev–Trinajstić information content (AvgIpc) is 3.18. The summed E-state index contributed by atoms with van der Waals surface area (Å²) in [5.74, 6) is 0.266. The summed E-state index contributed by atoms with van der Waals surface area (Å²) in [4.78, 5) is 15.1. The maximum Gasteiger partial charge on any atom is 0.411 e. The predicted octanol–water partition coefficient (Wildman–Crippen LogP) is 5.56. The van der Waals surface area contributed by atoms with Crippen LogP contribution >= 0.6 is 0 Å². The fraction of sp³-hybridized carbons (Fsp3) is 0.435. The highest BCUT2D eigenvalue weighted by molar-refractivity contribution is 5.94. The molecule has 2 atom stereocenters. The maximum atomic E-state index is 13.1. The van der Waals surface area contributed by atoms with E-state index in [4.69, 9.17) is 0 Å². The van der Waals surface area contributed by atoms with Crippen LogP contribution in [0.2, 0.25) is 0 Å². The first kappa shape index (κ1) is 21.4. The van der Waals surface area contributed by atoms with Gasteiger partial charge in [0.1, 0.15) is 6.61 Å². The predicted molar refractivity (Wildman–Crippen MR) is 106 cm³/mol. The van der Waals surface area contributed by atoms with E-state index in [1.54, 1.807) is 24.3 Å². The van der Waals surface area contributed by atoms with Crippen LogP contribution in [0.25, 0.3) is 0 Å². The lowest BCUT2D eigenvalue weighted by atomic mass is 9.87. The number of nitrogens with zero attached hydrogens (tertiary/aromatic N) is 1. The van der Waals surface area contributed by atoms with E-state index in [0.717, 1.165) is 25.8 Å². The van der Waals surface area contributed by atoms with Crippen molar-refractivity contribution in [2.24, 2.45) is 0 Å². The molecular formula is C23H26F3NO2. The lowest BCUT2D eigenvalue weighted by molar-refractivity contribution is -0.176. The number of carbonyl (C=O) groups is 1. The lowest BCUT2D eigenvalue weighted by Gasteiger charge is -2.32. The molecular weight excluding hydrogens is 379 g/mol. The second kappa shape index (κ2) is 9.44. The molecule has 6 heteroatoms. The number of hydrogen-bond donors (Lipinski definition) is 0. The van der Waals surface area contributed by atoms with Crippen molar-refractivity contribution < 1.29 is 22.7 Å². The van der Waals surface area contributed by atoms with Gasteiger partial charge in [0.05, 0.1) is 6.61 Å². The molecule has 0 saturated carbocycles. The fourth-order valence-electron chi connectivity index (χ4n) is 4.09. The standard InChI is InChI=1S/C23H26F3NO2/c1-2-20(18-7-4-3-5-8-18)21-9-6-14-27(21)22(28)19-12-10-17(11-13-19)15-29-16-23(24,25)26/h3-5,7-8,10-13,20-21H,2,6,9,14-16H2,1H3/t20-,21-/m1/s1. The van der Waals surface area contributed by atoms with Crippen molar-refractivity contribution in [2.45, 2.75) is 50.9 Å². The number of ether oxygens (including phenoxy) is 1. The molecule has 156 valence electrons. The summed E-state index contributed by atoms with van der Waals surface area (Å²) in [5.41, 5.74) is 2.41. The summed E-state index contributed by atoms with van der Waals surface area (Å²) in [6.45, 7) is 1.46. The molecule has 2 aromatic carbocycles. The Morgan fingerprint density at radius 3 is 2.45 bits per heavy atom. The van der Waals surface area contributed by atoms with Crippen LogP contribution in [0.1, 0.15) is 53.6 Å². The van der Waals surface area contributed by atoms with Gasteiger partial charge < -0.3 is 9.64 Å². The summed E-state index contributed by atoms with van der Waals surface area (Å²) in [6, 6.07) is 17.1. The van der Waals surface area contributed by atoms with E-state index in [0.29, 0.717) is 11.1 Å². The van der Waals surface area contributed by atoms with Crippen LogP contribution in [0.15, 0.2) is 54.6 Å². The van der Waals surface area contributed by atoms with Crippen LogP contribution in [0.5, 0.6) is 0 Å². The first-order chi connectivity index (χ1) is 13.9. The highest BCUT2D eigenvalue weighted by Gasteiger charge is 2.35. The number of likely N-dealkylation sites (tertiary alicyclic amines) is 1. The van der Waals surface area contributed by atoms with Gasteiger partial charge in [-0.1, -0.05) is 49.4 Å². The molecule has 29 heavy (non-hydrogen) atoms. The van der Waals surface area contributed by atoms with Crippen LogP contribution in [-0.2, 0) is 11.3 Å². The molecule has 0 N–H and O–H groups in total. The first-order valence-corrected chi connectivity index (χ1v) is 9.98. The van der Waals surface area contributed by atoms with Crippen LogP contribution in [0.4, 0.5) is 13.2 Å². The number of halogens is 3. The number of carbonyl (C=O) groups excluding carboxylic acids is 1. The van der Waals surface area contributed by atoms with Gasteiger partial charge in [-0.3, -0.25) is 4.79 Å². The summed E-state index contributed by atoms with van der Waals surface area (Å²) < 4.78 is 41.2. The molecule has 0 unspecified atom stereocenters. The van der Waals surface area contributed by atoms with Gasteiger partial charge in [0.15, 0.2) is 0 Å². The third kappa shape index (κ3) is 5.60. The Labute approximate surface area is 169 Å². The van der Waals surface area contributed by atoms with Crippen LogP contribution in [-0.4, -0.2) is 36.2 Å². The van der Waals surface area contributed by atoms with E-state index in [2.05, 4.69) is 23.8 Å². The fourth-order valence-corrected chi connectivity index (χ4v) is 4.09. The molecule has 3 rings (SSSR count). The normalized spacial score (nSPS) is 18.1. The zero-order valence-electron chi connectivity index (χ0n) is 16.5. The largest absolute Gasteiger partial charge is 0.411 e. The molecule has 0 aliphatic carbocycles. The van der Waals surface area contributed by atoms with Gasteiger partial charge in [0.25, 0.3) is 5.91 Å². The van der Waals surface area contributed by atoms with Crippen molar-refractivity contribution >= 4 is 5.91 Å². The maximum absolute atomic E-state index is 13.1. The number of amides is 1. The van der Waals surface area contributed by atoms with E-state index in [1.807, 2.05) is 23.1 Å². The monoisotopic (exact) mass is 405 g/mol. The van der Waals surface area contributed by atoms with Crippen molar-refractivity contribution in [3.63, 3.8) is 0 Å². The van der Waals surface area contributed by atoms with Gasteiger partial charge in [-0.25, -0.2) is 0 Å². The lowest BCUT2D eigenvalue weighted by Crippen LogP contribution is -2.39. The first-order valence-electron chi connectivity index (χ1n) is 9.98. The molecule has 3 nitrogen and oxygen atoms in total. The molecule has 0 radical (unpaired) electrons. The van der Waals surface area contributed by atoms with Gasteiger partial charge in [-0.05, 0) is 42.5 Å². The number of benzene rings is 2. The van der Waals surface area contributed by atoms with E-state index in [-0.39, 0.29) is 24.5 Å². The Morgan fingerprint density at radius 1 is 1.14 bits per heavy atom. The van der Waals surface area contributed by atoms with Gasteiger partial charge in [-0.2, -0.15) is 13.2 Å². The molecule has 0 spiro atoms. The highest BCUT2D eigenvalue weighted by Crippen LogP contribution is 2.34. The summed E-state index contributed by atoms with van der Waals surface area (Å²) >= 11 is 0. The number of alkyl halides is 3. The molecule has 1 aliphatic rings. The Kier molecular flexibility index (Phi) is 6.96. The Hall–Kier alpha value is -2.34. The SMILES string of the molecule is CC[C@H](c1ccccc1)[C@H]1CCCN1C(=O)c1ccc(COCC(F)(F)F)cc1. The quantitative estimate of drug-likeness (QED) is 0.603. The van der Waals surface area contributed by atoms with Crippen molar-refractivity contribution in [1.29, 1.82) is 0 Å².